The van der Waals surface area contributed by atoms with Crippen molar-refractivity contribution in [3.8, 4) is 17.2 Å². The van der Waals surface area contributed by atoms with Gasteiger partial charge in [0, 0.05) is 6.07 Å². The number of carbonyl (C=O) groups excluding carboxylic acids is 1. The summed E-state index contributed by atoms with van der Waals surface area (Å²) < 4.78 is 62.4. The summed E-state index contributed by atoms with van der Waals surface area (Å²) in [6.45, 7) is 0.0621. The first kappa shape index (κ1) is 24.3. The van der Waals surface area contributed by atoms with Crippen LogP contribution in [0.1, 0.15) is 21.7 Å². The van der Waals surface area contributed by atoms with Crippen molar-refractivity contribution in [3.63, 3.8) is 0 Å². The van der Waals surface area contributed by atoms with E-state index in [1.54, 1.807) is 42.5 Å². The zero-order valence-corrected chi connectivity index (χ0v) is 19.6. The van der Waals surface area contributed by atoms with E-state index in [9.17, 15) is 22.8 Å². The number of esters is 1. The number of alkyl halides is 3. The molecule has 3 aromatic carbocycles. The summed E-state index contributed by atoms with van der Waals surface area (Å²) >= 11 is 3.19. The Hall–Kier alpha value is -3.79. The Labute approximate surface area is 205 Å². The zero-order valence-electron chi connectivity index (χ0n) is 18.0. The molecule has 4 rings (SSSR count). The molecule has 0 spiro atoms. The predicted molar refractivity (Wildman–Crippen MR) is 124 cm³/mol. The van der Waals surface area contributed by atoms with Gasteiger partial charge in [-0.1, -0.05) is 24.3 Å². The molecule has 4 aromatic rings. The molecule has 0 saturated heterocycles. The van der Waals surface area contributed by atoms with Crippen LogP contribution in [0.25, 0.3) is 11.0 Å². The average Bonchev–Trinajstić information content (AvgIpc) is 2.84. The van der Waals surface area contributed by atoms with Crippen molar-refractivity contribution in [2.24, 2.45) is 0 Å². The molecule has 0 bridgehead atoms. The van der Waals surface area contributed by atoms with Gasteiger partial charge in [-0.3, -0.25) is 4.79 Å². The third-order valence-corrected chi connectivity index (χ3v) is 5.56. The Bertz CT molecular complexity index is 1440. The van der Waals surface area contributed by atoms with Crippen molar-refractivity contribution in [1.82, 2.24) is 0 Å². The van der Waals surface area contributed by atoms with Gasteiger partial charge in [0.2, 0.25) is 11.2 Å². The van der Waals surface area contributed by atoms with E-state index in [-0.39, 0.29) is 29.1 Å². The number of para-hydroxylation sites is 1. The number of halogens is 4. The number of hydrogen-bond acceptors (Lipinski definition) is 6. The Kier molecular flexibility index (Phi) is 6.83. The van der Waals surface area contributed by atoms with Crippen molar-refractivity contribution in [1.29, 1.82) is 0 Å². The molecule has 1 heterocycles. The first-order chi connectivity index (χ1) is 16.7. The molecule has 0 atom stereocenters. The van der Waals surface area contributed by atoms with Gasteiger partial charge in [-0.2, -0.15) is 13.2 Å². The summed E-state index contributed by atoms with van der Waals surface area (Å²) in [6.07, 6.45) is -4.98. The van der Waals surface area contributed by atoms with Crippen molar-refractivity contribution in [2.75, 3.05) is 7.11 Å². The highest BCUT2D eigenvalue weighted by atomic mass is 79.9. The molecular weight excluding hydrogens is 533 g/mol. The highest BCUT2D eigenvalue weighted by Gasteiger charge is 2.40. The van der Waals surface area contributed by atoms with Crippen LogP contribution in [0.5, 0.6) is 17.2 Å². The number of ether oxygens (including phenoxy) is 3. The summed E-state index contributed by atoms with van der Waals surface area (Å²) in [5.41, 5.74) is -0.212. The smallest absolute Gasteiger partial charge is 0.453 e. The van der Waals surface area contributed by atoms with Gasteiger partial charge in [-0.05, 0) is 57.9 Å². The van der Waals surface area contributed by atoms with E-state index in [1.165, 1.54) is 31.4 Å². The minimum atomic E-state index is -4.98. The van der Waals surface area contributed by atoms with Crippen LogP contribution in [0.15, 0.2) is 80.4 Å². The van der Waals surface area contributed by atoms with E-state index in [1.807, 2.05) is 0 Å². The molecule has 10 heteroatoms. The Morgan fingerprint density at radius 2 is 1.74 bits per heavy atom. The van der Waals surface area contributed by atoms with Crippen molar-refractivity contribution in [3.05, 3.63) is 98.3 Å². The highest BCUT2D eigenvalue weighted by Crippen LogP contribution is 2.39. The van der Waals surface area contributed by atoms with E-state index in [0.717, 1.165) is 0 Å². The number of hydrogen-bond donors (Lipinski definition) is 0. The summed E-state index contributed by atoms with van der Waals surface area (Å²) in [5, 5.41) is -0.102. The van der Waals surface area contributed by atoms with Gasteiger partial charge < -0.3 is 18.6 Å². The molecule has 0 radical (unpaired) electrons. The van der Waals surface area contributed by atoms with E-state index in [4.69, 9.17) is 13.9 Å². The van der Waals surface area contributed by atoms with E-state index < -0.39 is 29.1 Å². The number of rotatable bonds is 6. The van der Waals surface area contributed by atoms with Gasteiger partial charge in [0.25, 0.3) is 5.76 Å². The molecule has 0 unspecified atom stereocenters. The zero-order chi connectivity index (χ0) is 25.2. The standard InChI is InChI=1S/C25H16BrF3O6/c1-32-24(31)15-8-6-14(7-9-15)13-33-16-10-11-17-20(12-16)35-23(25(27,28)29)22(21(17)30)34-19-5-3-2-4-18(19)26/h2-12H,13H2,1H3. The fraction of sp³-hybridized carbons (Fsp3) is 0.120. The lowest BCUT2D eigenvalue weighted by atomic mass is 10.1. The lowest BCUT2D eigenvalue weighted by Crippen LogP contribution is -2.15. The molecule has 1 aromatic heterocycles. The normalized spacial score (nSPS) is 11.3. The molecule has 0 fully saturated rings. The first-order valence-corrected chi connectivity index (χ1v) is 10.9. The molecule has 35 heavy (non-hydrogen) atoms. The molecule has 0 N–H and O–H groups in total. The molecule has 0 amide bonds. The van der Waals surface area contributed by atoms with Crippen LogP contribution >= 0.6 is 15.9 Å². The topological polar surface area (TPSA) is 75.0 Å². The summed E-state index contributed by atoms with van der Waals surface area (Å²) in [5.74, 6) is -2.78. The van der Waals surface area contributed by atoms with Crippen LogP contribution in [0, 0.1) is 0 Å². The predicted octanol–water partition coefficient (Wildman–Crippen LogP) is 6.73. The van der Waals surface area contributed by atoms with Crippen LogP contribution in [0.3, 0.4) is 0 Å². The Balaban J connectivity index is 1.65. The van der Waals surface area contributed by atoms with Crippen LogP contribution in [-0.4, -0.2) is 13.1 Å². The van der Waals surface area contributed by atoms with Gasteiger partial charge >= 0.3 is 12.1 Å². The van der Waals surface area contributed by atoms with Gasteiger partial charge in [-0.15, -0.1) is 0 Å². The van der Waals surface area contributed by atoms with Crippen molar-refractivity contribution in [2.45, 2.75) is 12.8 Å². The van der Waals surface area contributed by atoms with Crippen molar-refractivity contribution < 1.29 is 36.6 Å². The Morgan fingerprint density at radius 1 is 1.03 bits per heavy atom. The first-order valence-electron chi connectivity index (χ1n) is 10.1. The summed E-state index contributed by atoms with van der Waals surface area (Å²) in [4.78, 5) is 24.5. The summed E-state index contributed by atoms with van der Waals surface area (Å²) in [6, 6.07) is 16.6. The van der Waals surface area contributed by atoms with Gasteiger partial charge in [0.05, 0.1) is 22.5 Å². The van der Waals surface area contributed by atoms with Crippen LogP contribution < -0.4 is 14.9 Å². The second-order valence-electron chi connectivity index (χ2n) is 7.25. The van der Waals surface area contributed by atoms with Crippen LogP contribution in [-0.2, 0) is 17.5 Å². The van der Waals surface area contributed by atoms with Crippen LogP contribution in [0.2, 0.25) is 0 Å². The number of carbonyl (C=O) groups is 1. The van der Waals surface area contributed by atoms with Gasteiger partial charge in [-0.25, -0.2) is 4.79 Å². The van der Waals surface area contributed by atoms with Gasteiger partial charge in [0.1, 0.15) is 23.7 Å². The monoisotopic (exact) mass is 548 g/mol. The molecule has 0 aliphatic rings. The maximum absolute atomic E-state index is 13.8. The highest BCUT2D eigenvalue weighted by molar-refractivity contribution is 9.10. The molecule has 180 valence electrons. The Morgan fingerprint density at radius 3 is 2.40 bits per heavy atom. The van der Waals surface area contributed by atoms with E-state index in [2.05, 4.69) is 20.7 Å². The number of fused-ring (bicyclic) bond motifs is 1. The third-order valence-electron chi connectivity index (χ3n) is 4.91. The fourth-order valence-electron chi connectivity index (χ4n) is 3.18. The third kappa shape index (κ3) is 5.32. The lowest BCUT2D eigenvalue weighted by molar-refractivity contribution is -0.154. The van der Waals surface area contributed by atoms with Crippen molar-refractivity contribution >= 4 is 32.9 Å². The molecule has 6 nitrogen and oxygen atoms in total. The molecule has 0 saturated carbocycles. The molecular formula is C25H16BrF3O6. The second-order valence-corrected chi connectivity index (χ2v) is 8.11. The molecule has 0 aliphatic carbocycles. The molecule has 0 aliphatic heterocycles. The van der Waals surface area contributed by atoms with E-state index >= 15 is 0 Å². The van der Waals surface area contributed by atoms with Gasteiger partial charge in [0.15, 0.2) is 0 Å². The average molecular weight is 549 g/mol. The number of methoxy groups -OCH3 is 1. The minimum absolute atomic E-state index is 0.0304. The fourth-order valence-corrected chi connectivity index (χ4v) is 3.55. The summed E-state index contributed by atoms with van der Waals surface area (Å²) in [7, 11) is 1.28. The maximum Gasteiger partial charge on any atom is 0.453 e. The maximum atomic E-state index is 13.8. The lowest BCUT2D eigenvalue weighted by Gasteiger charge is -2.14. The van der Waals surface area contributed by atoms with E-state index in [0.29, 0.717) is 15.6 Å². The number of benzene rings is 3. The largest absolute Gasteiger partial charge is 0.489 e. The quantitative estimate of drug-likeness (QED) is 0.248. The van der Waals surface area contributed by atoms with Crippen LogP contribution in [0.4, 0.5) is 13.2 Å². The second kappa shape index (κ2) is 9.83. The SMILES string of the molecule is COC(=O)c1ccc(COc2ccc3c(=O)c(Oc4ccccc4Br)c(C(F)(F)F)oc3c2)cc1. The minimum Gasteiger partial charge on any atom is -0.489 e.